The average Bonchev–Trinajstić information content (AvgIpc) is 2.61. The van der Waals surface area contributed by atoms with E-state index in [2.05, 4.69) is 9.97 Å². The maximum Gasteiger partial charge on any atom is 0.0975 e. The summed E-state index contributed by atoms with van der Waals surface area (Å²) in [7, 11) is 0. The van der Waals surface area contributed by atoms with Crippen LogP contribution in [0.4, 0.5) is 0 Å². The SMILES string of the molecule is Cc1nc(Cc2ccncc2)sc1C(C)N. The highest BCUT2D eigenvalue weighted by Gasteiger charge is 2.11. The van der Waals surface area contributed by atoms with E-state index in [-0.39, 0.29) is 6.04 Å². The predicted molar refractivity (Wildman–Crippen MR) is 66.5 cm³/mol. The van der Waals surface area contributed by atoms with Crippen molar-refractivity contribution in [3.63, 3.8) is 0 Å². The molecule has 2 N–H and O–H groups in total. The molecule has 2 aromatic rings. The summed E-state index contributed by atoms with van der Waals surface area (Å²) < 4.78 is 0. The van der Waals surface area contributed by atoms with Crippen LogP contribution in [0.15, 0.2) is 24.5 Å². The Morgan fingerprint density at radius 2 is 2.06 bits per heavy atom. The van der Waals surface area contributed by atoms with E-state index < -0.39 is 0 Å². The summed E-state index contributed by atoms with van der Waals surface area (Å²) >= 11 is 1.71. The van der Waals surface area contributed by atoms with E-state index in [1.165, 1.54) is 10.4 Å². The monoisotopic (exact) mass is 233 g/mol. The summed E-state index contributed by atoms with van der Waals surface area (Å²) in [5.74, 6) is 0. The highest BCUT2D eigenvalue weighted by atomic mass is 32.1. The number of pyridine rings is 1. The Hall–Kier alpha value is -1.26. The van der Waals surface area contributed by atoms with Crippen LogP contribution in [0.25, 0.3) is 0 Å². The second-order valence-corrected chi connectivity index (χ2v) is 4.99. The van der Waals surface area contributed by atoms with Gasteiger partial charge in [-0.25, -0.2) is 4.98 Å². The summed E-state index contributed by atoms with van der Waals surface area (Å²) in [5, 5.41) is 1.12. The molecule has 0 amide bonds. The normalized spacial score (nSPS) is 12.7. The smallest absolute Gasteiger partial charge is 0.0975 e. The van der Waals surface area contributed by atoms with Crippen LogP contribution in [-0.4, -0.2) is 9.97 Å². The van der Waals surface area contributed by atoms with Gasteiger partial charge >= 0.3 is 0 Å². The fourth-order valence-electron chi connectivity index (χ4n) is 1.64. The molecule has 84 valence electrons. The van der Waals surface area contributed by atoms with Gasteiger partial charge < -0.3 is 5.73 Å². The fraction of sp³-hybridized carbons (Fsp3) is 0.333. The number of hydrogen-bond donors (Lipinski definition) is 1. The number of nitrogens with zero attached hydrogens (tertiary/aromatic N) is 2. The Kier molecular flexibility index (Phi) is 3.31. The van der Waals surface area contributed by atoms with Gasteiger partial charge in [0.05, 0.1) is 10.7 Å². The number of thiazole rings is 1. The molecule has 0 bridgehead atoms. The van der Waals surface area contributed by atoms with Crippen molar-refractivity contribution in [3.8, 4) is 0 Å². The zero-order valence-corrected chi connectivity index (χ0v) is 10.3. The maximum absolute atomic E-state index is 5.88. The Bertz CT molecular complexity index is 462. The lowest BCUT2D eigenvalue weighted by Crippen LogP contribution is -2.03. The Labute approximate surface area is 99.4 Å². The van der Waals surface area contributed by atoms with E-state index in [4.69, 9.17) is 5.73 Å². The lowest BCUT2D eigenvalue weighted by Gasteiger charge is -1.99. The lowest BCUT2D eigenvalue weighted by atomic mass is 10.2. The van der Waals surface area contributed by atoms with Gasteiger partial charge in [-0.05, 0) is 31.5 Å². The van der Waals surface area contributed by atoms with Crippen LogP contribution >= 0.6 is 11.3 Å². The molecular weight excluding hydrogens is 218 g/mol. The molecule has 0 aromatic carbocycles. The first-order chi connectivity index (χ1) is 7.66. The van der Waals surface area contributed by atoms with Gasteiger partial charge in [0, 0.05) is 29.7 Å². The van der Waals surface area contributed by atoms with E-state index in [1.807, 2.05) is 38.4 Å². The lowest BCUT2D eigenvalue weighted by molar-refractivity contribution is 0.825. The summed E-state index contributed by atoms with van der Waals surface area (Å²) in [4.78, 5) is 9.73. The molecule has 16 heavy (non-hydrogen) atoms. The molecule has 0 fully saturated rings. The molecule has 3 nitrogen and oxygen atoms in total. The van der Waals surface area contributed by atoms with Gasteiger partial charge in [0.2, 0.25) is 0 Å². The highest BCUT2D eigenvalue weighted by molar-refractivity contribution is 7.11. The molecule has 2 rings (SSSR count). The minimum absolute atomic E-state index is 0.0729. The van der Waals surface area contributed by atoms with Crippen molar-refractivity contribution in [2.75, 3.05) is 0 Å². The molecule has 0 saturated carbocycles. The number of hydrogen-bond acceptors (Lipinski definition) is 4. The van der Waals surface area contributed by atoms with E-state index in [0.29, 0.717) is 0 Å². The van der Waals surface area contributed by atoms with Gasteiger partial charge in [-0.3, -0.25) is 4.98 Å². The van der Waals surface area contributed by atoms with E-state index in [0.717, 1.165) is 17.1 Å². The maximum atomic E-state index is 5.88. The minimum Gasteiger partial charge on any atom is -0.323 e. The van der Waals surface area contributed by atoms with Crippen LogP contribution in [0.3, 0.4) is 0 Å². The van der Waals surface area contributed by atoms with Crippen molar-refractivity contribution >= 4 is 11.3 Å². The van der Waals surface area contributed by atoms with Crippen molar-refractivity contribution in [2.45, 2.75) is 26.3 Å². The topological polar surface area (TPSA) is 51.8 Å². The Morgan fingerprint density at radius 1 is 1.38 bits per heavy atom. The van der Waals surface area contributed by atoms with Crippen LogP contribution in [0, 0.1) is 6.92 Å². The third-order valence-corrected chi connectivity index (χ3v) is 3.75. The van der Waals surface area contributed by atoms with Gasteiger partial charge in [0.15, 0.2) is 0 Å². The van der Waals surface area contributed by atoms with E-state index >= 15 is 0 Å². The first kappa shape index (κ1) is 11.2. The molecular formula is C12H15N3S. The van der Waals surface area contributed by atoms with Crippen LogP contribution in [-0.2, 0) is 6.42 Å². The van der Waals surface area contributed by atoms with E-state index in [1.54, 1.807) is 11.3 Å². The summed E-state index contributed by atoms with van der Waals surface area (Å²) in [5.41, 5.74) is 8.18. The number of nitrogens with two attached hydrogens (primary N) is 1. The Morgan fingerprint density at radius 3 is 2.62 bits per heavy atom. The van der Waals surface area contributed by atoms with Gasteiger partial charge in [-0.1, -0.05) is 0 Å². The van der Waals surface area contributed by atoms with Crippen molar-refractivity contribution in [2.24, 2.45) is 5.73 Å². The van der Waals surface area contributed by atoms with Gasteiger partial charge in [0.1, 0.15) is 0 Å². The molecule has 2 aromatic heterocycles. The molecule has 0 radical (unpaired) electrons. The Balaban J connectivity index is 2.20. The molecule has 1 atom stereocenters. The number of rotatable bonds is 3. The van der Waals surface area contributed by atoms with Crippen molar-refractivity contribution in [1.29, 1.82) is 0 Å². The third kappa shape index (κ3) is 2.46. The second-order valence-electron chi connectivity index (χ2n) is 3.88. The molecule has 0 spiro atoms. The fourth-order valence-corrected chi connectivity index (χ4v) is 2.69. The minimum atomic E-state index is 0.0729. The molecule has 0 aliphatic carbocycles. The quantitative estimate of drug-likeness (QED) is 0.886. The molecule has 0 aliphatic rings. The van der Waals surface area contributed by atoms with E-state index in [9.17, 15) is 0 Å². The molecule has 2 heterocycles. The zero-order valence-electron chi connectivity index (χ0n) is 9.47. The number of aryl methyl sites for hydroxylation is 1. The van der Waals surface area contributed by atoms with Gasteiger partial charge in [-0.15, -0.1) is 11.3 Å². The predicted octanol–water partition coefficient (Wildman–Crippen LogP) is 2.46. The van der Waals surface area contributed by atoms with Crippen LogP contribution in [0.2, 0.25) is 0 Å². The molecule has 4 heteroatoms. The van der Waals surface area contributed by atoms with Crippen molar-refractivity contribution in [3.05, 3.63) is 45.7 Å². The molecule has 0 saturated heterocycles. The van der Waals surface area contributed by atoms with Crippen LogP contribution in [0.1, 0.15) is 34.1 Å². The summed E-state index contributed by atoms with van der Waals surface area (Å²) in [6.45, 7) is 4.02. The average molecular weight is 233 g/mol. The van der Waals surface area contributed by atoms with Crippen molar-refractivity contribution < 1.29 is 0 Å². The molecule has 0 aliphatic heterocycles. The third-order valence-electron chi connectivity index (χ3n) is 2.40. The van der Waals surface area contributed by atoms with Crippen LogP contribution < -0.4 is 5.73 Å². The van der Waals surface area contributed by atoms with Gasteiger partial charge in [0.25, 0.3) is 0 Å². The first-order valence-electron chi connectivity index (χ1n) is 5.27. The summed E-state index contributed by atoms with van der Waals surface area (Å²) in [6.07, 6.45) is 4.48. The number of aromatic nitrogens is 2. The standard InChI is InChI=1S/C12H15N3S/c1-8(13)12-9(2)15-11(16-12)7-10-3-5-14-6-4-10/h3-6,8H,7,13H2,1-2H3. The highest BCUT2D eigenvalue weighted by Crippen LogP contribution is 2.24. The van der Waals surface area contributed by atoms with Crippen molar-refractivity contribution in [1.82, 2.24) is 9.97 Å². The first-order valence-corrected chi connectivity index (χ1v) is 6.09. The van der Waals surface area contributed by atoms with Gasteiger partial charge in [-0.2, -0.15) is 0 Å². The largest absolute Gasteiger partial charge is 0.323 e. The van der Waals surface area contributed by atoms with Crippen LogP contribution in [0.5, 0.6) is 0 Å². The second kappa shape index (κ2) is 4.72. The zero-order chi connectivity index (χ0) is 11.5. The molecule has 1 unspecified atom stereocenters. The summed E-state index contributed by atoms with van der Waals surface area (Å²) in [6, 6.07) is 4.11.